The molecule has 0 saturated carbocycles. The Balaban J connectivity index is 2.00. The first-order valence-corrected chi connectivity index (χ1v) is 6.73. The van der Waals surface area contributed by atoms with Crippen molar-refractivity contribution in [2.24, 2.45) is 0 Å². The van der Waals surface area contributed by atoms with Crippen molar-refractivity contribution < 1.29 is 10.0 Å². The average molecular weight is 277 g/mol. The number of hydroxylamine groups is 1. The molecule has 0 amide bonds. The van der Waals surface area contributed by atoms with Gasteiger partial charge in [-0.2, -0.15) is 0 Å². The van der Waals surface area contributed by atoms with E-state index in [2.05, 4.69) is 0 Å². The topological polar surface area (TPSA) is 40.5 Å². The molecule has 1 N–H and O–H groups in total. The smallest absolute Gasteiger partial charge is 0.188 e. The Morgan fingerprint density at radius 1 is 1.00 bits per heavy atom. The van der Waals surface area contributed by atoms with Crippen LogP contribution in [-0.2, 0) is 4.79 Å². The lowest BCUT2D eigenvalue weighted by Crippen LogP contribution is -2.14. The third-order valence-corrected chi connectivity index (χ3v) is 3.48. The number of rotatable bonds is 2. The minimum absolute atomic E-state index is 0.111. The van der Waals surface area contributed by atoms with Crippen molar-refractivity contribution in [2.45, 2.75) is 6.92 Å². The Morgan fingerprint density at radius 2 is 1.71 bits per heavy atom. The normalized spacial score (nSPS) is 15.1. The van der Waals surface area contributed by atoms with Crippen molar-refractivity contribution in [3.05, 3.63) is 77.5 Å². The molecule has 0 aromatic heterocycles. The molecule has 0 unspecified atom stereocenters. The van der Waals surface area contributed by atoms with Crippen LogP contribution in [0.1, 0.15) is 16.7 Å². The molecule has 1 aliphatic carbocycles. The summed E-state index contributed by atoms with van der Waals surface area (Å²) in [6, 6.07) is 15.1. The van der Waals surface area contributed by atoms with E-state index in [0.717, 1.165) is 21.8 Å². The van der Waals surface area contributed by atoms with Crippen molar-refractivity contribution in [3.63, 3.8) is 0 Å². The third kappa shape index (κ3) is 2.64. The fraction of sp³-hybridized carbons (Fsp3) is 0.0556. The molecule has 0 heterocycles. The number of carbonyl (C=O) groups is 1. The molecule has 3 nitrogen and oxygen atoms in total. The van der Waals surface area contributed by atoms with Gasteiger partial charge in [-0.15, -0.1) is 0 Å². The molecule has 3 rings (SSSR count). The van der Waals surface area contributed by atoms with Crippen LogP contribution in [0.3, 0.4) is 0 Å². The monoisotopic (exact) mass is 277 g/mol. The molecule has 1 aliphatic rings. The molecule has 0 atom stereocenters. The predicted octanol–water partition coefficient (Wildman–Crippen LogP) is 3.83. The molecule has 104 valence electrons. The van der Waals surface area contributed by atoms with E-state index in [9.17, 15) is 10.0 Å². The number of aryl methyl sites for hydroxylation is 1. The van der Waals surface area contributed by atoms with Gasteiger partial charge in [0, 0.05) is 11.8 Å². The Bertz CT molecular complexity index is 742. The van der Waals surface area contributed by atoms with Crippen molar-refractivity contribution in [3.8, 4) is 0 Å². The van der Waals surface area contributed by atoms with Gasteiger partial charge in [-0.1, -0.05) is 48.0 Å². The third-order valence-electron chi connectivity index (χ3n) is 3.48. The standard InChI is InChI=1S/C18H15NO2/c1-13-6-9-15(10-7-13)19(21)12-17-16-5-3-2-4-14(16)8-11-18(17)20/h2-12,21H,1H3/b17-12-. The lowest BCUT2D eigenvalue weighted by molar-refractivity contribution is -0.109. The van der Waals surface area contributed by atoms with Crippen LogP contribution in [0.2, 0.25) is 0 Å². The Hall–Kier alpha value is -2.65. The van der Waals surface area contributed by atoms with Crippen molar-refractivity contribution in [2.75, 3.05) is 5.06 Å². The lowest BCUT2D eigenvalue weighted by atomic mass is 9.92. The van der Waals surface area contributed by atoms with E-state index in [0.29, 0.717) is 11.3 Å². The largest absolute Gasteiger partial charge is 0.289 e. The molecule has 0 bridgehead atoms. The first kappa shape index (κ1) is 13.3. The second-order valence-electron chi connectivity index (χ2n) is 5.01. The number of ketones is 1. The van der Waals surface area contributed by atoms with Gasteiger partial charge in [-0.3, -0.25) is 10.0 Å². The maximum Gasteiger partial charge on any atom is 0.188 e. The van der Waals surface area contributed by atoms with E-state index in [1.807, 2.05) is 43.3 Å². The summed E-state index contributed by atoms with van der Waals surface area (Å²) in [5.41, 5.74) is 4.02. The van der Waals surface area contributed by atoms with Gasteiger partial charge in [0.05, 0.1) is 5.69 Å². The van der Waals surface area contributed by atoms with Gasteiger partial charge in [-0.25, -0.2) is 5.06 Å². The highest BCUT2D eigenvalue weighted by Gasteiger charge is 2.17. The summed E-state index contributed by atoms with van der Waals surface area (Å²) in [6.45, 7) is 1.98. The van der Waals surface area contributed by atoms with Crippen LogP contribution < -0.4 is 5.06 Å². The van der Waals surface area contributed by atoms with E-state index in [1.165, 1.54) is 12.3 Å². The Labute approximate surface area is 123 Å². The molecule has 0 fully saturated rings. The summed E-state index contributed by atoms with van der Waals surface area (Å²) in [4.78, 5) is 12.1. The fourth-order valence-electron chi connectivity index (χ4n) is 2.30. The zero-order valence-corrected chi connectivity index (χ0v) is 11.7. The SMILES string of the molecule is Cc1ccc(N(O)/C=C2\C(=O)C=Cc3ccccc32)cc1. The second kappa shape index (κ2) is 5.38. The quantitative estimate of drug-likeness (QED) is 0.670. The van der Waals surface area contributed by atoms with Gasteiger partial charge in [0.25, 0.3) is 0 Å². The number of anilines is 1. The van der Waals surface area contributed by atoms with E-state index >= 15 is 0 Å². The summed E-state index contributed by atoms with van der Waals surface area (Å²) >= 11 is 0. The van der Waals surface area contributed by atoms with Crippen LogP contribution in [0.4, 0.5) is 5.69 Å². The van der Waals surface area contributed by atoms with Gasteiger partial charge in [0.1, 0.15) is 0 Å². The summed E-state index contributed by atoms with van der Waals surface area (Å²) in [5.74, 6) is -0.111. The Kier molecular flexibility index (Phi) is 3.42. The number of fused-ring (bicyclic) bond motifs is 1. The molecule has 2 aromatic carbocycles. The van der Waals surface area contributed by atoms with E-state index in [-0.39, 0.29) is 5.78 Å². The summed E-state index contributed by atoms with van der Waals surface area (Å²) in [7, 11) is 0. The van der Waals surface area contributed by atoms with Crippen LogP contribution in [0, 0.1) is 6.92 Å². The highest BCUT2D eigenvalue weighted by atomic mass is 16.5. The number of hydrogen-bond donors (Lipinski definition) is 1. The molecule has 2 aromatic rings. The molecule has 0 radical (unpaired) electrons. The molecule has 21 heavy (non-hydrogen) atoms. The van der Waals surface area contributed by atoms with Crippen LogP contribution >= 0.6 is 0 Å². The molecule has 0 spiro atoms. The van der Waals surface area contributed by atoms with Gasteiger partial charge in [-0.05, 0) is 36.3 Å². The summed E-state index contributed by atoms with van der Waals surface area (Å²) in [6.07, 6.45) is 4.79. The highest BCUT2D eigenvalue weighted by Crippen LogP contribution is 2.27. The molecule has 0 saturated heterocycles. The van der Waals surface area contributed by atoms with Gasteiger partial charge < -0.3 is 0 Å². The number of nitrogens with zero attached hydrogens (tertiary/aromatic N) is 1. The second-order valence-corrected chi connectivity index (χ2v) is 5.01. The van der Waals surface area contributed by atoms with E-state index in [4.69, 9.17) is 0 Å². The number of benzene rings is 2. The Morgan fingerprint density at radius 3 is 2.48 bits per heavy atom. The van der Waals surface area contributed by atoms with Crippen LogP contribution in [0.25, 0.3) is 11.6 Å². The van der Waals surface area contributed by atoms with Crippen molar-refractivity contribution in [1.29, 1.82) is 0 Å². The van der Waals surface area contributed by atoms with Gasteiger partial charge in [0.15, 0.2) is 5.78 Å². The van der Waals surface area contributed by atoms with Gasteiger partial charge >= 0.3 is 0 Å². The average Bonchev–Trinajstić information content (AvgIpc) is 2.51. The summed E-state index contributed by atoms with van der Waals surface area (Å²) in [5, 5.41) is 11.2. The summed E-state index contributed by atoms with van der Waals surface area (Å²) < 4.78 is 0. The van der Waals surface area contributed by atoms with E-state index < -0.39 is 0 Å². The number of hydrogen-bond acceptors (Lipinski definition) is 3. The molecule has 3 heteroatoms. The first-order chi connectivity index (χ1) is 10.1. The molecule has 0 aliphatic heterocycles. The highest BCUT2D eigenvalue weighted by molar-refractivity contribution is 6.30. The van der Waals surface area contributed by atoms with Crippen LogP contribution in [-0.4, -0.2) is 11.0 Å². The number of carbonyl (C=O) groups excluding carboxylic acids is 1. The predicted molar refractivity (Wildman–Crippen MR) is 83.9 cm³/mol. The minimum atomic E-state index is -0.111. The maximum atomic E-state index is 12.1. The van der Waals surface area contributed by atoms with Crippen LogP contribution in [0.5, 0.6) is 0 Å². The first-order valence-electron chi connectivity index (χ1n) is 6.73. The zero-order valence-electron chi connectivity index (χ0n) is 11.7. The maximum absolute atomic E-state index is 12.1. The van der Waals surface area contributed by atoms with Crippen molar-refractivity contribution in [1.82, 2.24) is 0 Å². The molecular formula is C18H15NO2. The van der Waals surface area contributed by atoms with Gasteiger partial charge in [0.2, 0.25) is 0 Å². The van der Waals surface area contributed by atoms with E-state index in [1.54, 1.807) is 18.2 Å². The van der Waals surface area contributed by atoms with Crippen LogP contribution in [0.15, 0.2) is 60.8 Å². The minimum Gasteiger partial charge on any atom is -0.289 e. The lowest BCUT2D eigenvalue weighted by Gasteiger charge is -2.17. The number of allylic oxidation sites excluding steroid dienone is 2. The molecular weight excluding hydrogens is 262 g/mol. The zero-order chi connectivity index (χ0) is 14.8. The van der Waals surface area contributed by atoms with Crippen molar-refractivity contribution >= 4 is 23.1 Å². The fourth-order valence-corrected chi connectivity index (χ4v) is 2.30.